The average molecular weight is 386 g/mol. The van der Waals surface area contributed by atoms with Crippen molar-refractivity contribution in [3.63, 3.8) is 0 Å². The molecule has 27 heavy (non-hydrogen) atoms. The molecule has 1 aromatic heterocycles. The highest BCUT2D eigenvalue weighted by molar-refractivity contribution is 6.74. The Morgan fingerprint density at radius 2 is 1.89 bits per heavy atom. The highest BCUT2D eigenvalue weighted by Crippen LogP contribution is 2.37. The first-order valence-electron chi connectivity index (χ1n) is 8.76. The number of nitrogen functional groups attached to an aromatic ring is 1. The monoisotopic (exact) mass is 385 g/mol. The van der Waals surface area contributed by atoms with Gasteiger partial charge in [-0.1, -0.05) is 38.7 Å². The SMILES string of the molecule is Cn1c(=O)c(N)cn(CC#Cc2cccc(O[Si](C)(C)C(C)(C)C)c2)c1=O. The maximum absolute atomic E-state index is 12.1. The zero-order valence-corrected chi connectivity index (χ0v) is 17.8. The molecule has 0 radical (unpaired) electrons. The van der Waals surface area contributed by atoms with Crippen molar-refractivity contribution >= 4 is 14.0 Å². The molecule has 0 atom stereocenters. The van der Waals surface area contributed by atoms with Crippen LogP contribution in [0.25, 0.3) is 0 Å². The number of benzene rings is 1. The van der Waals surface area contributed by atoms with E-state index < -0.39 is 19.6 Å². The van der Waals surface area contributed by atoms with Crippen LogP contribution in [0.4, 0.5) is 5.69 Å². The maximum Gasteiger partial charge on any atom is 0.331 e. The predicted molar refractivity (Wildman–Crippen MR) is 112 cm³/mol. The molecular weight excluding hydrogens is 358 g/mol. The topological polar surface area (TPSA) is 79.2 Å². The number of nitrogens with two attached hydrogens (primary N) is 1. The van der Waals surface area contributed by atoms with E-state index in [1.54, 1.807) is 0 Å². The predicted octanol–water partition coefficient (Wildman–Crippen LogP) is 2.56. The van der Waals surface area contributed by atoms with Crippen molar-refractivity contribution in [3.05, 3.63) is 56.9 Å². The molecule has 1 aromatic carbocycles. The molecule has 2 rings (SSSR count). The lowest BCUT2D eigenvalue weighted by molar-refractivity contribution is 0.492. The summed E-state index contributed by atoms with van der Waals surface area (Å²) in [6.07, 6.45) is 1.33. The summed E-state index contributed by atoms with van der Waals surface area (Å²) in [6.45, 7) is 11.1. The molecule has 144 valence electrons. The molecule has 7 heteroatoms. The fraction of sp³-hybridized carbons (Fsp3) is 0.400. The second-order valence-corrected chi connectivity index (χ2v) is 12.8. The van der Waals surface area contributed by atoms with Crippen LogP contribution in [0.2, 0.25) is 18.1 Å². The summed E-state index contributed by atoms with van der Waals surface area (Å²) in [6, 6.07) is 7.64. The molecule has 0 amide bonds. The summed E-state index contributed by atoms with van der Waals surface area (Å²) >= 11 is 0. The molecule has 0 unspecified atom stereocenters. The molecule has 0 aliphatic rings. The van der Waals surface area contributed by atoms with Crippen molar-refractivity contribution in [1.82, 2.24) is 9.13 Å². The first-order chi connectivity index (χ1) is 12.4. The van der Waals surface area contributed by atoms with Crippen molar-refractivity contribution < 1.29 is 4.43 Å². The summed E-state index contributed by atoms with van der Waals surface area (Å²) in [4.78, 5) is 23.7. The molecular formula is C20H27N3O3Si. The largest absolute Gasteiger partial charge is 0.543 e. The first-order valence-corrected chi connectivity index (χ1v) is 11.7. The number of nitrogens with zero attached hydrogens (tertiary/aromatic N) is 2. The van der Waals surface area contributed by atoms with Crippen molar-refractivity contribution in [1.29, 1.82) is 0 Å². The van der Waals surface area contributed by atoms with Gasteiger partial charge in [-0.15, -0.1) is 0 Å². The van der Waals surface area contributed by atoms with Crippen LogP contribution in [0.3, 0.4) is 0 Å². The van der Waals surface area contributed by atoms with Gasteiger partial charge >= 0.3 is 5.69 Å². The van der Waals surface area contributed by atoms with Gasteiger partial charge in [0.2, 0.25) is 8.32 Å². The summed E-state index contributed by atoms with van der Waals surface area (Å²) < 4.78 is 8.59. The standard InChI is InChI=1S/C20H27N3O3Si/c1-20(2,3)27(5,6)26-16-11-7-9-15(13-16)10-8-12-23-14-17(21)18(24)22(4)19(23)25/h7,9,11,13-14H,12,21H2,1-6H3. The lowest BCUT2D eigenvalue weighted by Gasteiger charge is -2.36. The van der Waals surface area contributed by atoms with Crippen molar-refractivity contribution in [2.75, 3.05) is 5.73 Å². The molecule has 2 N–H and O–H groups in total. The van der Waals surface area contributed by atoms with Crippen LogP contribution in [-0.2, 0) is 13.6 Å². The van der Waals surface area contributed by atoms with Crippen LogP contribution in [0.15, 0.2) is 40.1 Å². The van der Waals surface area contributed by atoms with E-state index in [2.05, 4.69) is 45.7 Å². The highest BCUT2D eigenvalue weighted by atomic mass is 28.4. The van der Waals surface area contributed by atoms with Gasteiger partial charge in [0.25, 0.3) is 5.56 Å². The normalized spacial score (nSPS) is 11.6. The van der Waals surface area contributed by atoms with Crippen LogP contribution >= 0.6 is 0 Å². The second-order valence-electron chi connectivity index (χ2n) is 8.05. The Kier molecular flexibility index (Phi) is 5.71. The third kappa shape index (κ3) is 4.71. The maximum atomic E-state index is 12.1. The van der Waals surface area contributed by atoms with Gasteiger partial charge < -0.3 is 10.2 Å². The molecule has 0 bridgehead atoms. The van der Waals surface area contributed by atoms with Gasteiger partial charge in [0.05, 0.1) is 6.54 Å². The Morgan fingerprint density at radius 1 is 1.22 bits per heavy atom. The van der Waals surface area contributed by atoms with Crippen LogP contribution in [-0.4, -0.2) is 17.5 Å². The zero-order valence-electron chi connectivity index (χ0n) is 16.8. The first kappa shape index (κ1) is 20.6. The summed E-state index contributed by atoms with van der Waals surface area (Å²) in [7, 11) is -0.522. The number of hydrogen-bond donors (Lipinski definition) is 1. The van der Waals surface area contributed by atoms with Gasteiger partial charge in [0, 0.05) is 18.8 Å². The zero-order chi connectivity index (χ0) is 20.4. The van der Waals surface area contributed by atoms with E-state index in [0.29, 0.717) is 0 Å². The second kappa shape index (κ2) is 7.49. The van der Waals surface area contributed by atoms with Gasteiger partial charge in [-0.25, -0.2) is 4.79 Å². The van der Waals surface area contributed by atoms with E-state index in [0.717, 1.165) is 15.9 Å². The van der Waals surface area contributed by atoms with Gasteiger partial charge in [-0.3, -0.25) is 13.9 Å². The van der Waals surface area contributed by atoms with Crippen molar-refractivity contribution in [3.8, 4) is 17.6 Å². The molecule has 0 fully saturated rings. The van der Waals surface area contributed by atoms with Gasteiger partial charge in [0.1, 0.15) is 11.4 Å². The Balaban J connectivity index is 2.22. The van der Waals surface area contributed by atoms with Crippen molar-refractivity contribution in [2.24, 2.45) is 7.05 Å². The molecule has 0 saturated carbocycles. The molecule has 0 aliphatic carbocycles. The quantitative estimate of drug-likeness (QED) is 0.650. The van der Waals surface area contributed by atoms with Crippen LogP contribution in [0, 0.1) is 11.8 Å². The van der Waals surface area contributed by atoms with Crippen LogP contribution < -0.4 is 21.4 Å². The average Bonchev–Trinajstić information content (AvgIpc) is 2.56. The summed E-state index contributed by atoms with van der Waals surface area (Å²) in [5.41, 5.74) is 5.51. The summed E-state index contributed by atoms with van der Waals surface area (Å²) in [5, 5.41) is 0.110. The minimum atomic E-state index is -1.92. The van der Waals surface area contributed by atoms with E-state index in [9.17, 15) is 9.59 Å². The van der Waals surface area contributed by atoms with Crippen molar-refractivity contribution in [2.45, 2.75) is 45.4 Å². The van der Waals surface area contributed by atoms with Gasteiger partial charge in [-0.2, -0.15) is 0 Å². The van der Waals surface area contributed by atoms with Crippen LogP contribution in [0.5, 0.6) is 5.75 Å². The number of anilines is 1. The fourth-order valence-corrected chi connectivity index (χ4v) is 3.20. The fourth-order valence-electron chi connectivity index (χ4n) is 2.18. The van der Waals surface area contributed by atoms with E-state index in [1.165, 1.54) is 17.8 Å². The molecule has 1 heterocycles. The minimum absolute atomic E-state index is 0.0173. The summed E-state index contributed by atoms with van der Waals surface area (Å²) in [5.74, 6) is 6.79. The molecule has 0 saturated heterocycles. The van der Waals surface area contributed by atoms with Crippen LogP contribution in [0.1, 0.15) is 26.3 Å². The molecule has 0 aliphatic heterocycles. The van der Waals surface area contributed by atoms with E-state index in [-0.39, 0.29) is 17.3 Å². The Morgan fingerprint density at radius 3 is 2.52 bits per heavy atom. The number of rotatable bonds is 3. The smallest absolute Gasteiger partial charge is 0.331 e. The van der Waals surface area contributed by atoms with E-state index in [1.807, 2.05) is 24.3 Å². The molecule has 6 nitrogen and oxygen atoms in total. The number of hydrogen-bond acceptors (Lipinski definition) is 4. The molecule has 0 spiro atoms. The highest BCUT2D eigenvalue weighted by Gasteiger charge is 2.38. The Labute approximate surface area is 160 Å². The van der Waals surface area contributed by atoms with Gasteiger partial charge in [0.15, 0.2) is 0 Å². The lowest BCUT2D eigenvalue weighted by atomic mass is 10.2. The third-order valence-corrected chi connectivity index (χ3v) is 9.23. The minimum Gasteiger partial charge on any atom is -0.543 e. The lowest BCUT2D eigenvalue weighted by Crippen LogP contribution is -2.43. The van der Waals surface area contributed by atoms with E-state index in [4.69, 9.17) is 10.2 Å². The number of aromatic nitrogens is 2. The third-order valence-electron chi connectivity index (χ3n) is 4.87. The van der Waals surface area contributed by atoms with Gasteiger partial charge in [-0.05, 0) is 36.3 Å². The Bertz CT molecular complexity index is 1020. The Hall–Kier alpha value is -2.72. The molecule has 2 aromatic rings. The van der Waals surface area contributed by atoms with E-state index >= 15 is 0 Å².